The highest BCUT2D eigenvalue weighted by Crippen LogP contribution is 2.36. The van der Waals surface area contributed by atoms with E-state index in [9.17, 15) is 22.8 Å². The maximum Gasteiger partial charge on any atom is 0.435 e. The van der Waals surface area contributed by atoms with Gasteiger partial charge in [0.1, 0.15) is 0 Å². The predicted octanol–water partition coefficient (Wildman–Crippen LogP) is 3.03. The molecule has 0 bridgehead atoms. The predicted molar refractivity (Wildman–Crippen MR) is 135 cm³/mol. The average Bonchev–Trinajstić information content (AvgIpc) is 3.53. The topological polar surface area (TPSA) is 123 Å². The van der Waals surface area contributed by atoms with Gasteiger partial charge in [-0.3, -0.25) is 9.59 Å². The summed E-state index contributed by atoms with van der Waals surface area (Å²) in [5.74, 6) is -1.10. The van der Waals surface area contributed by atoms with E-state index in [4.69, 9.17) is 11.6 Å². The van der Waals surface area contributed by atoms with E-state index >= 15 is 0 Å². The number of nitrogens with zero attached hydrogens (tertiary/aromatic N) is 7. The monoisotopic (exact) mass is 559 g/mol. The number of piperazine rings is 1. The molecule has 1 fully saturated rings. The normalized spacial score (nSPS) is 13.9. The minimum Gasteiger partial charge on any atom is -0.336 e. The van der Waals surface area contributed by atoms with E-state index in [1.807, 2.05) is 0 Å². The van der Waals surface area contributed by atoms with Gasteiger partial charge in [-0.2, -0.15) is 18.3 Å². The summed E-state index contributed by atoms with van der Waals surface area (Å²) in [4.78, 5) is 39.3. The molecule has 15 heteroatoms. The van der Waals surface area contributed by atoms with Gasteiger partial charge in [-0.15, -0.1) is 0 Å². The lowest BCUT2D eigenvalue weighted by molar-refractivity contribution is -0.140. The largest absolute Gasteiger partial charge is 0.435 e. The molecule has 11 nitrogen and oxygen atoms in total. The lowest BCUT2D eigenvalue weighted by Crippen LogP contribution is -2.46. The molecular weight excluding hydrogens is 539 g/mol. The van der Waals surface area contributed by atoms with Crippen LogP contribution in [-0.4, -0.2) is 72.2 Å². The summed E-state index contributed by atoms with van der Waals surface area (Å²) < 4.78 is 43.6. The highest BCUT2D eigenvalue weighted by Gasteiger charge is 2.39. The second kappa shape index (κ2) is 10.5. The Balaban J connectivity index is 1.39. The molecule has 5 rings (SSSR count). The Hall–Kier alpha value is -4.30. The fraction of sp³-hybridized carbons (Fsp3) is 0.250. The van der Waals surface area contributed by atoms with Crippen LogP contribution < -0.4 is 10.6 Å². The Labute approximate surface area is 224 Å². The summed E-state index contributed by atoms with van der Waals surface area (Å²) in [5.41, 5.74) is -0.889. The second-order valence-corrected chi connectivity index (χ2v) is 9.01. The van der Waals surface area contributed by atoms with Crippen LogP contribution in [0.3, 0.4) is 0 Å². The fourth-order valence-electron chi connectivity index (χ4n) is 4.15. The number of carbonyl (C=O) groups is 2. The van der Waals surface area contributed by atoms with Gasteiger partial charge in [0, 0.05) is 57.5 Å². The average molecular weight is 560 g/mol. The number of alkyl halides is 3. The summed E-state index contributed by atoms with van der Waals surface area (Å²) >= 11 is 6.34. The highest BCUT2D eigenvalue weighted by atomic mass is 35.5. The van der Waals surface area contributed by atoms with Gasteiger partial charge in [-0.1, -0.05) is 11.6 Å². The number of aromatic nitrogens is 6. The van der Waals surface area contributed by atoms with Gasteiger partial charge in [0.25, 0.3) is 11.8 Å². The third-order valence-electron chi connectivity index (χ3n) is 6.07. The second-order valence-electron chi connectivity index (χ2n) is 8.60. The van der Waals surface area contributed by atoms with E-state index in [1.54, 1.807) is 4.90 Å². The number of hydrogen-bond donors (Lipinski definition) is 2. The molecule has 4 heterocycles. The van der Waals surface area contributed by atoms with Crippen LogP contribution >= 0.6 is 11.6 Å². The SMILES string of the molecule is Cn1c(-c2cn(-c3ncccn3)nc2C(F)(F)F)cnc1C(=O)Nc1ccc(C(=O)N2CCNCC2)c(Cl)c1. The van der Waals surface area contributed by atoms with Crippen molar-refractivity contribution in [1.82, 2.24) is 39.5 Å². The minimum atomic E-state index is -4.79. The first-order chi connectivity index (χ1) is 18.6. The Bertz CT molecular complexity index is 1530. The summed E-state index contributed by atoms with van der Waals surface area (Å²) in [7, 11) is 1.41. The van der Waals surface area contributed by atoms with Gasteiger partial charge in [-0.25, -0.2) is 19.6 Å². The van der Waals surface area contributed by atoms with E-state index in [1.165, 1.54) is 48.3 Å². The van der Waals surface area contributed by atoms with Crippen molar-refractivity contribution >= 4 is 29.1 Å². The fourth-order valence-corrected chi connectivity index (χ4v) is 4.41. The van der Waals surface area contributed by atoms with Crippen molar-refractivity contribution in [2.45, 2.75) is 6.18 Å². The number of nitrogens with one attached hydrogen (secondary N) is 2. The molecule has 39 heavy (non-hydrogen) atoms. The third kappa shape index (κ3) is 5.33. The van der Waals surface area contributed by atoms with Crippen molar-refractivity contribution in [2.24, 2.45) is 7.05 Å². The van der Waals surface area contributed by atoms with Gasteiger partial charge in [0.05, 0.1) is 28.0 Å². The molecule has 0 aliphatic carbocycles. The lowest BCUT2D eigenvalue weighted by Gasteiger charge is -2.27. The maximum absolute atomic E-state index is 13.8. The van der Waals surface area contributed by atoms with Gasteiger partial charge in [0.15, 0.2) is 11.5 Å². The molecule has 0 spiro atoms. The van der Waals surface area contributed by atoms with Crippen LogP contribution in [0.4, 0.5) is 18.9 Å². The smallest absolute Gasteiger partial charge is 0.336 e. The molecule has 0 saturated carbocycles. The third-order valence-corrected chi connectivity index (χ3v) is 6.38. The van der Waals surface area contributed by atoms with Crippen LogP contribution in [0.5, 0.6) is 0 Å². The van der Waals surface area contributed by atoms with Crippen LogP contribution in [0.15, 0.2) is 49.1 Å². The van der Waals surface area contributed by atoms with E-state index in [0.717, 1.165) is 17.1 Å². The van der Waals surface area contributed by atoms with Gasteiger partial charge >= 0.3 is 6.18 Å². The van der Waals surface area contributed by atoms with Gasteiger partial charge in [0.2, 0.25) is 5.95 Å². The number of carbonyl (C=O) groups excluding carboxylic acids is 2. The van der Waals surface area contributed by atoms with E-state index in [0.29, 0.717) is 31.7 Å². The van der Waals surface area contributed by atoms with Crippen molar-refractivity contribution < 1.29 is 22.8 Å². The van der Waals surface area contributed by atoms with Crippen LogP contribution in [0, 0.1) is 0 Å². The molecule has 3 aromatic heterocycles. The van der Waals surface area contributed by atoms with Crippen molar-refractivity contribution in [3.8, 4) is 17.2 Å². The molecule has 202 valence electrons. The van der Waals surface area contributed by atoms with Crippen molar-refractivity contribution in [3.63, 3.8) is 0 Å². The summed E-state index contributed by atoms with van der Waals surface area (Å²) in [5, 5.41) is 9.58. The summed E-state index contributed by atoms with van der Waals surface area (Å²) in [6.07, 6.45) is 0.250. The maximum atomic E-state index is 13.8. The number of benzene rings is 1. The van der Waals surface area contributed by atoms with Gasteiger partial charge in [-0.05, 0) is 24.3 Å². The van der Waals surface area contributed by atoms with Crippen LogP contribution in [0.25, 0.3) is 17.2 Å². The van der Waals surface area contributed by atoms with E-state index < -0.39 is 17.8 Å². The first-order valence-corrected chi connectivity index (χ1v) is 12.1. The number of hydrogen-bond acceptors (Lipinski definition) is 7. The molecule has 1 aliphatic rings. The van der Waals surface area contributed by atoms with Crippen LogP contribution in [-0.2, 0) is 13.2 Å². The van der Waals surface area contributed by atoms with E-state index in [-0.39, 0.29) is 39.6 Å². The Morgan fingerprint density at radius 3 is 2.49 bits per heavy atom. The molecule has 2 amide bonds. The van der Waals surface area contributed by atoms with Crippen LogP contribution in [0.2, 0.25) is 5.02 Å². The molecule has 0 unspecified atom stereocenters. The molecule has 0 radical (unpaired) electrons. The number of amides is 2. The number of anilines is 1. The number of halogens is 4. The molecule has 1 aromatic carbocycles. The zero-order chi connectivity index (χ0) is 27.7. The number of imidazole rings is 1. The molecular formula is C24H21ClF3N9O2. The molecule has 2 N–H and O–H groups in total. The zero-order valence-electron chi connectivity index (χ0n) is 20.4. The first kappa shape index (κ1) is 26.3. The lowest BCUT2D eigenvalue weighted by atomic mass is 10.1. The van der Waals surface area contributed by atoms with Crippen LogP contribution in [0.1, 0.15) is 26.7 Å². The quantitative estimate of drug-likeness (QED) is 0.385. The van der Waals surface area contributed by atoms with Crippen molar-refractivity contribution in [1.29, 1.82) is 0 Å². The van der Waals surface area contributed by atoms with Crippen molar-refractivity contribution in [3.05, 3.63) is 71.2 Å². The summed E-state index contributed by atoms with van der Waals surface area (Å²) in [6.45, 7) is 2.49. The number of rotatable bonds is 5. The van der Waals surface area contributed by atoms with E-state index in [2.05, 4.69) is 30.7 Å². The van der Waals surface area contributed by atoms with Gasteiger partial charge < -0.3 is 20.1 Å². The zero-order valence-corrected chi connectivity index (χ0v) is 21.2. The van der Waals surface area contributed by atoms with Crippen molar-refractivity contribution in [2.75, 3.05) is 31.5 Å². The molecule has 1 aliphatic heterocycles. The molecule has 4 aromatic rings. The standard InChI is InChI=1S/C24H21ClF3N9O2/c1-35-18(16-13-37(23-30-5-2-6-31-23)34-19(16)24(26,27)28)12-32-20(35)21(38)33-14-3-4-15(17(25)11-14)22(39)36-9-7-29-8-10-36/h2-6,11-13,29H,7-10H2,1H3,(H,33,38). The Morgan fingerprint density at radius 2 is 1.82 bits per heavy atom. The molecule has 0 atom stereocenters. The molecule has 1 saturated heterocycles. The summed E-state index contributed by atoms with van der Waals surface area (Å²) in [6, 6.07) is 6.00. The Morgan fingerprint density at radius 1 is 1.10 bits per heavy atom. The Kier molecular flexibility index (Phi) is 7.06. The first-order valence-electron chi connectivity index (χ1n) is 11.7. The highest BCUT2D eigenvalue weighted by molar-refractivity contribution is 6.34. The minimum absolute atomic E-state index is 0.00431.